The van der Waals surface area contributed by atoms with E-state index in [9.17, 15) is 22.4 Å². The number of halogens is 5. The molecule has 0 amide bonds. The van der Waals surface area contributed by atoms with E-state index in [2.05, 4.69) is 10.3 Å². The Bertz CT molecular complexity index is 980. The van der Waals surface area contributed by atoms with Crippen LogP contribution >= 0.6 is 11.6 Å². The Labute approximate surface area is 147 Å². The molecule has 0 aliphatic rings. The zero-order valence-electron chi connectivity index (χ0n) is 12.6. The molecule has 1 heterocycles. The number of carboxylic acids is 1. The first-order valence-corrected chi connectivity index (χ1v) is 7.32. The van der Waals surface area contributed by atoms with Crippen LogP contribution in [0, 0.1) is 5.82 Å². The minimum absolute atomic E-state index is 0.0608. The van der Waals surface area contributed by atoms with Gasteiger partial charge in [0.1, 0.15) is 17.6 Å². The summed E-state index contributed by atoms with van der Waals surface area (Å²) in [5.41, 5.74) is -0.874. The van der Waals surface area contributed by atoms with Gasteiger partial charge in [-0.25, -0.2) is 9.07 Å². The Kier molecular flexibility index (Phi) is 4.45. The zero-order chi connectivity index (χ0) is 19.1. The number of aromatic nitrogens is 3. The highest BCUT2D eigenvalue weighted by atomic mass is 35.5. The second-order valence-corrected chi connectivity index (χ2v) is 5.54. The maximum atomic E-state index is 14.1. The van der Waals surface area contributed by atoms with Crippen LogP contribution in [0.3, 0.4) is 0 Å². The average molecular weight is 390 g/mol. The molecule has 136 valence electrons. The van der Waals surface area contributed by atoms with Gasteiger partial charge >= 0.3 is 12.1 Å². The summed E-state index contributed by atoms with van der Waals surface area (Å²) < 4.78 is 58.6. The fourth-order valence-electron chi connectivity index (χ4n) is 2.25. The molecule has 0 bridgehead atoms. The third kappa shape index (κ3) is 3.40. The average Bonchev–Trinajstić information content (AvgIpc) is 2.93. The Morgan fingerprint density at radius 1 is 1.31 bits per heavy atom. The van der Waals surface area contributed by atoms with Crippen molar-refractivity contribution in [2.24, 2.45) is 0 Å². The molecule has 0 saturated carbocycles. The number of carbonyl (C=O) groups is 1. The van der Waals surface area contributed by atoms with Crippen molar-refractivity contribution in [1.29, 1.82) is 0 Å². The summed E-state index contributed by atoms with van der Waals surface area (Å²) in [5, 5.41) is 15.7. The predicted molar refractivity (Wildman–Crippen MR) is 81.6 cm³/mol. The topological polar surface area (TPSA) is 77.2 Å². The van der Waals surface area contributed by atoms with Crippen molar-refractivity contribution in [2.45, 2.75) is 12.7 Å². The van der Waals surface area contributed by atoms with Crippen LogP contribution in [0.5, 0.6) is 11.5 Å². The van der Waals surface area contributed by atoms with Crippen molar-refractivity contribution in [1.82, 2.24) is 15.0 Å². The standard InChI is InChI=1S/C15H8ClF4N3O3/c16-8-4-7(15(18,19)20)5-9(17)14(8)26-11-3-1-2-10-13(11)23(22-21-10)6-12(24)25/h1-5H,6H2,(H,24,25). The molecule has 0 saturated heterocycles. The number of aliphatic carboxylic acids is 1. The van der Waals surface area contributed by atoms with Gasteiger partial charge in [0.25, 0.3) is 0 Å². The summed E-state index contributed by atoms with van der Waals surface area (Å²) in [7, 11) is 0. The maximum Gasteiger partial charge on any atom is 0.416 e. The Morgan fingerprint density at radius 3 is 2.65 bits per heavy atom. The lowest BCUT2D eigenvalue weighted by atomic mass is 10.2. The predicted octanol–water partition coefficient (Wildman–Crippen LogP) is 4.12. The molecule has 0 aliphatic carbocycles. The van der Waals surface area contributed by atoms with E-state index >= 15 is 0 Å². The van der Waals surface area contributed by atoms with Crippen LogP contribution in [0.25, 0.3) is 11.0 Å². The number of para-hydroxylation sites is 1. The molecule has 0 unspecified atom stereocenters. The molecule has 3 rings (SSSR count). The lowest BCUT2D eigenvalue weighted by Gasteiger charge is -2.13. The van der Waals surface area contributed by atoms with Gasteiger partial charge in [0.15, 0.2) is 17.3 Å². The van der Waals surface area contributed by atoms with Crippen LogP contribution in [-0.4, -0.2) is 26.1 Å². The third-order valence-electron chi connectivity index (χ3n) is 3.32. The summed E-state index contributed by atoms with van der Waals surface area (Å²) in [5.74, 6) is -3.21. The summed E-state index contributed by atoms with van der Waals surface area (Å²) in [6.45, 7) is -0.542. The van der Waals surface area contributed by atoms with E-state index in [1.54, 1.807) is 0 Å². The van der Waals surface area contributed by atoms with Gasteiger partial charge in [-0.3, -0.25) is 4.79 Å². The summed E-state index contributed by atoms with van der Waals surface area (Å²) in [6.07, 6.45) is -4.77. The van der Waals surface area contributed by atoms with Crippen LogP contribution in [0.4, 0.5) is 17.6 Å². The number of alkyl halides is 3. The van der Waals surface area contributed by atoms with Crippen LogP contribution < -0.4 is 4.74 Å². The first-order chi connectivity index (χ1) is 12.2. The minimum Gasteiger partial charge on any atom is -0.480 e. The van der Waals surface area contributed by atoms with Crippen LogP contribution in [0.15, 0.2) is 30.3 Å². The molecule has 1 N–H and O–H groups in total. The van der Waals surface area contributed by atoms with E-state index in [4.69, 9.17) is 21.4 Å². The molecule has 6 nitrogen and oxygen atoms in total. The second kappa shape index (κ2) is 6.45. The minimum atomic E-state index is -4.77. The maximum absolute atomic E-state index is 14.1. The van der Waals surface area contributed by atoms with E-state index in [-0.39, 0.29) is 22.8 Å². The molecular formula is C15H8ClF4N3O3. The van der Waals surface area contributed by atoms with Crippen molar-refractivity contribution >= 4 is 28.6 Å². The molecular weight excluding hydrogens is 382 g/mol. The van der Waals surface area contributed by atoms with Crippen molar-refractivity contribution in [3.63, 3.8) is 0 Å². The van der Waals surface area contributed by atoms with E-state index in [1.165, 1.54) is 18.2 Å². The number of hydrogen-bond donors (Lipinski definition) is 1. The lowest BCUT2D eigenvalue weighted by molar-refractivity contribution is -0.138. The second-order valence-electron chi connectivity index (χ2n) is 5.13. The van der Waals surface area contributed by atoms with Crippen molar-refractivity contribution in [3.05, 3.63) is 46.7 Å². The van der Waals surface area contributed by atoms with E-state index in [0.29, 0.717) is 6.07 Å². The van der Waals surface area contributed by atoms with Crippen molar-refractivity contribution < 1.29 is 32.2 Å². The van der Waals surface area contributed by atoms with Crippen molar-refractivity contribution in [3.8, 4) is 11.5 Å². The normalized spacial score (nSPS) is 11.7. The summed E-state index contributed by atoms with van der Waals surface area (Å²) >= 11 is 5.74. The van der Waals surface area contributed by atoms with E-state index in [1.807, 2.05) is 0 Å². The van der Waals surface area contributed by atoms with Crippen LogP contribution in [0.1, 0.15) is 5.56 Å². The molecule has 0 spiro atoms. The molecule has 1 aromatic heterocycles. The van der Waals surface area contributed by atoms with Gasteiger partial charge in [0.05, 0.1) is 10.6 Å². The Morgan fingerprint density at radius 2 is 2.04 bits per heavy atom. The zero-order valence-corrected chi connectivity index (χ0v) is 13.3. The first-order valence-electron chi connectivity index (χ1n) is 6.95. The molecule has 3 aromatic rings. The van der Waals surface area contributed by atoms with Gasteiger partial charge in [-0.1, -0.05) is 22.9 Å². The van der Waals surface area contributed by atoms with Gasteiger partial charge in [0.2, 0.25) is 0 Å². The largest absolute Gasteiger partial charge is 0.480 e. The number of benzene rings is 2. The highest BCUT2D eigenvalue weighted by Crippen LogP contribution is 2.39. The lowest BCUT2D eigenvalue weighted by Crippen LogP contribution is -2.10. The molecule has 0 fully saturated rings. The SMILES string of the molecule is O=C(O)Cn1nnc2cccc(Oc3c(F)cc(C(F)(F)F)cc3Cl)c21. The Hall–Kier alpha value is -2.88. The van der Waals surface area contributed by atoms with Gasteiger partial charge in [-0.05, 0) is 24.3 Å². The van der Waals surface area contributed by atoms with E-state index in [0.717, 1.165) is 4.68 Å². The van der Waals surface area contributed by atoms with Crippen molar-refractivity contribution in [2.75, 3.05) is 0 Å². The van der Waals surface area contributed by atoms with Gasteiger partial charge in [-0.15, -0.1) is 5.10 Å². The fraction of sp³-hybridized carbons (Fsp3) is 0.133. The smallest absolute Gasteiger partial charge is 0.416 e. The summed E-state index contributed by atoms with van der Waals surface area (Å²) in [6, 6.07) is 5.14. The molecule has 0 radical (unpaired) electrons. The van der Waals surface area contributed by atoms with Crippen LogP contribution in [0.2, 0.25) is 5.02 Å². The van der Waals surface area contributed by atoms with Gasteiger partial charge in [-0.2, -0.15) is 13.2 Å². The highest BCUT2D eigenvalue weighted by molar-refractivity contribution is 6.32. The van der Waals surface area contributed by atoms with E-state index < -0.39 is 40.8 Å². The molecule has 0 atom stereocenters. The third-order valence-corrected chi connectivity index (χ3v) is 3.60. The number of hydrogen-bond acceptors (Lipinski definition) is 4. The number of rotatable bonds is 4. The van der Waals surface area contributed by atoms with Gasteiger partial charge < -0.3 is 9.84 Å². The summed E-state index contributed by atoms with van der Waals surface area (Å²) in [4.78, 5) is 10.9. The first kappa shape index (κ1) is 17.9. The number of carboxylic acid groups (broad SMARTS) is 1. The molecule has 26 heavy (non-hydrogen) atoms. The number of ether oxygens (including phenoxy) is 1. The highest BCUT2D eigenvalue weighted by Gasteiger charge is 2.33. The molecule has 0 aliphatic heterocycles. The Balaban J connectivity index is 2.07. The quantitative estimate of drug-likeness (QED) is 0.679. The molecule has 11 heteroatoms. The number of nitrogens with zero attached hydrogens (tertiary/aromatic N) is 3. The molecule has 2 aromatic carbocycles. The van der Waals surface area contributed by atoms with Crippen LogP contribution in [-0.2, 0) is 17.5 Å². The fourth-order valence-corrected chi connectivity index (χ4v) is 2.50. The van der Waals surface area contributed by atoms with Gasteiger partial charge in [0, 0.05) is 0 Å². The monoisotopic (exact) mass is 389 g/mol. The number of fused-ring (bicyclic) bond motifs is 1.